The normalized spacial score (nSPS) is 24.2. The van der Waals surface area contributed by atoms with Gasteiger partial charge < -0.3 is 0 Å². The maximum absolute atomic E-state index is 12.5. The molecular formula is C6H8FNO. The first-order chi connectivity index (χ1) is 4.21. The van der Waals surface area contributed by atoms with Gasteiger partial charge in [0.2, 0.25) is 6.08 Å². The summed E-state index contributed by atoms with van der Waals surface area (Å²) in [7, 11) is 0. The van der Waals surface area contributed by atoms with Crippen LogP contribution in [-0.2, 0) is 4.79 Å². The van der Waals surface area contributed by atoms with Gasteiger partial charge in [0.05, 0.1) is 0 Å². The molecule has 1 rings (SSSR count). The van der Waals surface area contributed by atoms with Gasteiger partial charge in [-0.25, -0.2) is 9.18 Å². The van der Waals surface area contributed by atoms with E-state index in [-0.39, 0.29) is 0 Å². The van der Waals surface area contributed by atoms with Crippen LogP contribution >= 0.6 is 0 Å². The van der Waals surface area contributed by atoms with Crippen LogP contribution in [0.25, 0.3) is 0 Å². The highest BCUT2D eigenvalue weighted by molar-refractivity contribution is 5.37. The first kappa shape index (κ1) is 6.43. The maximum Gasteiger partial charge on any atom is 0.235 e. The van der Waals surface area contributed by atoms with Crippen LogP contribution in [-0.4, -0.2) is 17.8 Å². The third-order valence-electron chi connectivity index (χ3n) is 1.77. The van der Waals surface area contributed by atoms with Gasteiger partial charge >= 0.3 is 0 Å². The van der Waals surface area contributed by atoms with Crippen LogP contribution in [0.4, 0.5) is 4.39 Å². The molecule has 0 heterocycles. The Morgan fingerprint density at radius 2 is 2.33 bits per heavy atom. The van der Waals surface area contributed by atoms with Gasteiger partial charge in [-0.15, -0.1) is 0 Å². The number of carbonyl (C=O) groups excluding carboxylic acids is 1. The molecule has 0 saturated heterocycles. The summed E-state index contributed by atoms with van der Waals surface area (Å²) in [6.45, 7) is 1.42. The summed E-state index contributed by atoms with van der Waals surface area (Å²) in [4.78, 5) is 13.1. The number of alkyl halides is 1. The molecule has 9 heavy (non-hydrogen) atoms. The highest BCUT2D eigenvalue weighted by atomic mass is 19.1. The molecule has 0 aliphatic heterocycles. The number of isocyanates is 1. The van der Waals surface area contributed by atoms with Crippen LogP contribution < -0.4 is 0 Å². The number of nitrogens with zero attached hydrogens (tertiary/aromatic N) is 1. The molecule has 0 amide bonds. The van der Waals surface area contributed by atoms with E-state index < -0.39 is 11.7 Å². The van der Waals surface area contributed by atoms with Crippen LogP contribution in [0, 0.1) is 0 Å². The van der Waals surface area contributed by atoms with Crippen LogP contribution in [0.3, 0.4) is 0 Å². The van der Waals surface area contributed by atoms with Gasteiger partial charge in [0, 0.05) is 0 Å². The fourth-order valence-electron chi connectivity index (χ4n) is 0.818. The van der Waals surface area contributed by atoms with Crippen molar-refractivity contribution in [2.24, 2.45) is 4.99 Å². The summed E-state index contributed by atoms with van der Waals surface area (Å²) in [5.74, 6) is 0. The Balaban J connectivity index is 2.63. The van der Waals surface area contributed by atoms with Gasteiger partial charge in [0.15, 0.2) is 0 Å². The molecule has 0 bridgehead atoms. The quantitative estimate of drug-likeness (QED) is 0.407. The van der Waals surface area contributed by atoms with E-state index in [1.807, 2.05) is 0 Å². The van der Waals surface area contributed by atoms with Gasteiger partial charge in [0.1, 0.15) is 11.7 Å². The van der Waals surface area contributed by atoms with Gasteiger partial charge in [-0.3, -0.25) is 0 Å². The lowest BCUT2D eigenvalue weighted by Gasteiger charge is -2.06. The molecule has 1 saturated carbocycles. The zero-order chi connectivity index (χ0) is 6.91. The molecule has 0 radical (unpaired) electrons. The van der Waals surface area contributed by atoms with Crippen molar-refractivity contribution in [3.8, 4) is 0 Å². The molecule has 0 aromatic heterocycles. The van der Waals surface area contributed by atoms with Gasteiger partial charge in [0.25, 0.3) is 0 Å². The third-order valence-corrected chi connectivity index (χ3v) is 1.77. The lowest BCUT2D eigenvalue weighted by Crippen LogP contribution is -2.17. The summed E-state index contributed by atoms with van der Waals surface area (Å²) < 4.78 is 12.5. The van der Waals surface area contributed by atoms with Crippen molar-refractivity contribution in [1.82, 2.24) is 0 Å². The second-order valence-corrected chi connectivity index (χ2v) is 2.42. The molecule has 0 aromatic carbocycles. The van der Waals surface area contributed by atoms with Crippen molar-refractivity contribution in [1.29, 1.82) is 0 Å². The first-order valence-electron chi connectivity index (χ1n) is 2.94. The number of hydrogen-bond acceptors (Lipinski definition) is 2. The Morgan fingerprint density at radius 3 is 2.44 bits per heavy atom. The largest absolute Gasteiger partial charge is 0.245 e. The van der Waals surface area contributed by atoms with E-state index in [9.17, 15) is 9.18 Å². The van der Waals surface area contributed by atoms with Crippen molar-refractivity contribution in [2.75, 3.05) is 0 Å². The fraction of sp³-hybridized carbons (Fsp3) is 0.833. The first-order valence-corrected chi connectivity index (χ1v) is 2.94. The standard InChI is InChI=1S/C6H8FNO/c1-5(7)6(2-3-6)8-4-9/h5H,2-3H2,1H3. The van der Waals surface area contributed by atoms with E-state index in [2.05, 4.69) is 4.99 Å². The zero-order valence-electron chi connectivity index (χ0n) is 5.22. The second-order valence-electron chi connectivity index (χ2n) is 2.42. The van der Waals surface area contributed by atoms with E-state index in [0.29, 0.717) is 12.8 Å². The third kappa shape index (κ3) is 1.01. The topological polar surface area (TPSA) is 29.4 Å². The van der Waals surface area contributed by atoms with Crippen molar-refractivity contribution in [2.45, 2.75) is 31.5 Å². The number of halogens is 1. The molecule has 1 unspecified atom stereocenters. The lowest BCUT2D eigenvalue weighted by atomic mass is 10.2. The van der Waals surface area contributed by atoms with E-state index in [1.165, 1.54) is 13.0 Å². The zero-order valence-corrected chi connectivity index (χ0v) is 5.22. The minimum Gasteiger partial charge on any atom is -0.245 e. The van der Waals surface area contributed by atoms with Crippen LogP contribution in [0.2, 0.25) is 0 Å². The molecule has 50 valence electrons. The Labute approximate surface area is 52.8 Å². The average molecular weight is 129 g/mol. The predicted octanol–water partition coefficient (Wildman–Crippen LogP) is 1.21. The predicted molar refractivity (Wildman–Crippen MR) is 30.7 cm³/mol. The summed E-state index contributed by atoms with van der Waals surface area (Å²) in [6.07, 6.45) is 1.77. The van der Waals surface area contributed by atoms with Crippen LogP contribution in [0.1, 0.15) is 19.8 Å². The molecule has 1 aliphatic rings. The van der Waals surface area contributed by atoms with E-state index >= 15 is 0 Å². The molecule has 3 heteroatoms. The van der Waals surface area contributed by atoms with Crippen molar-refractivity contribution < 1.29 is 9.18 Å². The molecule has 0 N–H and O–H groups in total. The number of rotatable bonds is 2. The second kappa shape index (κ2) is 1.92. The monoisotopic (exact) mass is 129 g/mol. The average Bonchev–Trinajstić information content (AvgIpc) is 2.49. The minimum atomic E-state index is -1.00. The number of aliphatic imine (C=N–C) groups is 1. The lowest BCUT2D eigenvalue weighted by molar-refractivity contribution is 0.293. The molecule has 1 atom stereocenters. The molecule has 1 fully saturated rings. The van der Waals surface area contributed by atoms with E-state index in [0.717, 1.165) is 0 Å². The summed E-state index contributed by atoms with van der Waals surface area (Å²) in [6, 6.07) is 0. The molecule has 0 aromatic rings. The highest BCUT2D eigenvalue weighted by Crippen LogP contribution is 2.43. The highest BCUT2D eigenvalue weighted by Gasteiger charge is 2.48. The summed E-state index contributed by atoms with van der Waals surface area (Å²) >= 11 is 0. The smallest absolute Gasteiger partial charge is 0.235 e. The Bertz CT molecular complexity index is 156. The molecule has 1 aliphatic carbocycles. The van der Waals surface area contributed by atoms with Crippen molar-refractivity contribution >= 4 is 6.08 Å². The van der Waals surface area contributed by atoms with Gasteiger partial charge in [-0.1, -0.05) is 0 Å². The summed E-state index contributed by atoms with van der Waals surface area (Å²) in [5, 5.41) is 0. The Kier molecular flexibility index (Phi) is 1.37. The van der Waals surface area contributed by atoms with Crippen molar-refractivity contribution in [3.63, 3.8) is 0 Å². The Hall–Kier alpha value is -0.690. The minimum absolute atomic E-state index is 0.665. The maximum atomic E-state index is 12.5. The van der Waals surface area contributed by atoms with E-state index in [4.69, 9.17) is 0 Å². The van der Waals surface area contributed by atoms with E-state index in [1.54, 1.807) is 0 Å². The fourth-order valence-corrected chi connectivity index (χ4v) is 0.818. The van der Waals surface area contributed by atoms with Gasteiger partial charge in [-0.05, 0) is 19.8 Å². The molecule has 0 spiro atoms. The van der Waals surface area contributed by atoms with Crippen LogP contribution in [0.5, 0.6) is 0 Å². The Morgan fingerprint density at radius 1 is 1.78 bits per heavy atom. The summed E-state index contributed by atoms with van der Waals surface area (Å²) in [5.41, 5.74) is -0.665. The number of hydrogen-bond donors (Lipinski definition) is 0. The van der Waals surface area contributed by atoms with Crippen molar-refractivity contribution in [3.05, 3.63) is 0 Å². The molecular weight excluding hydrogens is 121 g/mol. The SMILES string of the molecule is CC(F)C1(N=C=O)CC1. The molecule has 2 nitrogen and oxygen atoms in total. The van der Waals surface area contributed by atoms with Crippen LogP contribution in [0.15, 0.2) is 4.99 Å². The van der Waals surface area contributed by atoms with Gasteiger partial charge in [-0.2, -0.15) is 4.99 Å².